The monoisotopic (exact) mass is 1080 g/mol. The SMILES string of the molecule is CC/C=C\C/C=C\C/C=C\C/C=C\C/C=C\C/C=C\C/C=C\C/C=C\C/C=C\C/C=C\CCCCC(=O)OC(COC(=O)CCCCCCCCCCC/C=C\CCCCCCCC)COP(=O)(O)OCC[N+](C)(C)C. The molecule has 432 valence electrons. The first-order valence-electron chi connectivity index (χ1n) is 29.9. The Morgan fingerprint density at radius 1 is 0.421 bits per heavy atom. The molecule has 0 fully saturated rings. The number of carbonyl (C=O) groups excluding carboxylic acids is 2. The number of hydrogen-bond acceptors (Lipinski definition) is 7. The standard InChI is InChI=1S/C66H110NO8P/c1-6-8-10-12-14-16-18-20-22-24-26-27-28-29-30-31-32-33-34-35-36-37-38-39-41-43-45-47-49-51-53-55-57-59-66(69)75-64(63-74-76(70,71)73-61-60-67(3,4)5)62-72-65(68)58-56-54-52-50-48-46-44-42-40-25-23-21-19-17-15-13-11-9-7-2/h8,10,14,16,20-23,26-27,29-30,32-33,35-36,38-39,43,45,49,51,64H,6-7,9,11-13,15,17-19,24-25,28,31,34,37,40-42,44,46-48,50,52-63H2,1-5H3/p+1/b10-8-,16-14-,22-20-,23-21-,27-26-,30-29-,33-32-,36-35-,39-38-,45-43-,51-49-. The molecule has 0 aromatic rings. The molecule has 2 unspecified atom stereocenters. The number of likely N-dealkylation sites (N-methyl/N-ethyl adjacent to an activating group) is 1. The van der Waals surface area contributed by atoms with E-state index in [-0.39, 0.29) is 32.0 Å². The highest BCUT2D eigenvalue weighted by atomic mass is 31.2. The number of quaternary nitrogens is 1. The van der Waals surface area contributed by atoms with Gasteiger partial charge in [0.15, 0.2) is 6.10 Å². The largest absolute Gasteiger partial charge is 0.472 e. The summed E-state index contributed by atoms with van der Waals surface area (Å²) in [5, 5.41) is 0. The lowest BCUT2D eigenvalue weighted by molar-refractivity contribution is -0.870. The number of esters is 2. The predicted octanol–water partition coefficient (Wildman–Crippen LogP) is 18.9. The molecule has 76 heavy (non-hydrogen) atoms. The summed E-state index contributed by atoms with van der Waals surface area (Å²) >= 11 is 0. The molecule has 2 atom stereocenters. The Balaban J connectivity index is 4.29. The number of carbonyl (C=O) groups is 2. The molecule has 0 bridgehead atoms. The van der Waals surface area contributed by atoms with Gasteiger partial charge in [-0.2, -0.15) is 0 Å². The number of nitrogens with zero attached hydrogens (tertiary/aromatic N) is 1. The lowest BCUT2D eigenvalue weighted by atomic mass is 10.1. The number of phosphoric ester groups is 1. The Kier molecular flexibility index (Phi) is 53.1. The predicted molar refractivity (Wildman–Crippen MR) is 325 cm³/mol. The van der Waals surface area contributed by atoms with Crippen molar-refractivity contribution in [3.63, 3.8) is 0 Å². The van der Waals surface area contributed by atoms with E-state index in [1.54, 1.807) is 0 Å². The molecule has 0 aliphatic carbocycles. The second kappa shape index (κ2) is 55.9. The van der Waals surface area contributed by atoms with Gasteiger partial charge in [0.25, 0.3) is 0 Å². The molecule has 0 spiro atoms. The molecule has 0 aromatic heterocycles. The Morgan fingerprint density at radius 3 is 1.16 bits per heavy atom. The number of ether oxygens (including phenoxy) is 2. The van der Waals surface area contributed by atoms with Crippen LogP contribution >= 0.6 is 7.82 Å². The van der Waals surface area contributed by atoms with Crippen molar-refractivity contribution >= 4 is 19.8 Å². The normalized spacial score (nSPS) is 14.2. The molecule has 9 nitrogen and oxygen atoms in total. The lowest BCUT2D eigenvalue weighted by Crippen LogP contribution is -2.37. The van der Waals surface area contributed by atoms with Gasteiger partial charge in [0.2, 0.25) is 0 Å². The fraction of sp³-hybridized carbons (Fsp3) is 0.636. The van der Waals surface area contributed by atoms with Gasteiger partial charge in [-0.25, -0.2) is 4.57 Å². The fourth-order valence-electron chi connectivity index (χ4n) is 7.57. The van der Waals surface area contributed by atoms with E-state index < -0.39 is 26.5 Å². The lowest BCUT2D eigenvalue weighted by Gasteiger charge is -2.24. The molecule has 0 aliphatic rings. The van der Waals surface area contributed by atoms with Crippen molar-refractivity contribution in [2.75, 3.05) is 47.5 Å². The number of rotatable bonds is 53. The second-order valence-electron chi connectivity index (χ2n) is 20.6. The fourth-order valence-corrected chi connectivity index (χ4v) is 8.31. The number of allylic oxidation sites excluding steroid dienone is 22. The molecule has 0 amide bonds. The molecule has 0 aliphatic heterocycles. The molecular formula is C66H111NO8P+. The van der Waals surface area contributed by atoms with E-state index in [1.165, 1.54) is 89.9 Å². The van der Waals surface area contributed by atoms with Crippen molar-refractivity contribution in [1.29, 1.82) is 0 Å². The van der Waals surface area contributed by atoms with Crippen LogP contribution in [0, 0.1) is 0 Å². The van der Waals surface area contributed by atoms with Gasteiger partial charge >= 0.3 is 19.8 Å². The molecular weight excluding hydrogens is 966 g/mol. The van der Waals surface area contributed by atoms with Crippen LogP contribution in [-0.4, -0.2) is 74.9 Å². The smallest absolute Gasteiger partial charge is 0.462 e. The maximum absolute atomic E-state index is 12.8. The Hall–Kier alpha value is -3.85. The highest BCUT2D eigenvalue weighted by Crippen LogP contribution is 2.43. The first kappa shape index (κ1) is 72.2. The van der Waals surface area contributed by atoms with E-state index >= 15 is 0 Å². The van der Waals surface area contributed by atoms with E-state index in [0.29, 0.717) is 17.4 Å². The summed E-state index contributed by atoms with van der Waals surface area (Å²) in [6, 6.07) is 0. The highest BCUT2D eigenvalue weighted by Gasteiger charge is 2.27. The zero-order valence-corrected chi connectivity index (χ0v) is 49.8. The summed E-state index contributed by atoms with van der Waals surface area (Å²) < 4.78 is 34.5. The van der Waals surface area contributed by atoms with Crippen molar-refractivity contribution in [2.24, 2.45) is 0 Å². The maximum Gasteiger partial charge on any atom is 0.472 e. The van der Waals surface area contributed by atoms with Gasteiger partial charge in [0.05, 0.1) is 27.7 Å². The molecule has 0 rings (SSSR count). The third kappa shape index (κ3) is 59.4. The number of hydrogen-bond donors (Lipinski definition) is 1. The minimum Gasteiger partial charge on any atom is -0.462 e. The van der Waals surface area contributed by atoms with E-state index in [2.05, 4.69) is 148 Å². The van der Waals surface area contributed by atoms with Crippen molar-refractivity contribution in [3.8, 4) is 0 Å². The van der Waals surface area contributed by atoms with Crippen molar-refractivity contribution < 1.29 is 42.1 Å². The summed E-state index contributed by atoms with van der Waals surface area (Å²) in [4.78, 5) is 35.7. The quantitative estimate of drug-likeness (QED) is 0.0211. The van der Waals surface area contributed by atoms with Gasteiger partial charge in [-0.1, -0.05) is 225 Å². The van der Waals surface area contributed by atoms with Gasteiger partial charge < -0.3 is 18.9 Å². The van der Waals surface area contributed by atoms with Gasteiger partial charge in [-0.05, 0) is 116 Å². The third-order valence-corrected chi connectivity index (χ3v) is 13.1. The summed E-state index contributed by atoms with van der Waals surface area (Å²) in [6.45, 7) is 4.25. The van der Waals surface area contributed by atoms with E-state index in [0.717, 1.165) is 96.3 Å². The van der Waals surface area contributed by atoms with Gasteiger partial charge in [0, 0.05) is 12.8 Å². The van der Waals surface area contributed by atoms with Crippen molar-refractivity contribution in [3.05, 3.63) is 134 Å². The average molecular weight is 1080 g/mol. The number of unbranched alkanes of at least 4 members (excludes halogenated alkanes) is 17. The molecule has 0 saturated heterocycles. The van der Waals surface area contributed by atoms with Crippen LogP contribution in [0.1, 0.15) is 219 Å². The third-order valence-electron chi connectivity index (χ3n) is 12.2. The average Bonchev–Trinajstić information content (AvgIpc) is 3.38. The first-order valence-corrected chi connectivity index (χ1v) is 31.4. The zero-order chi connectivity index (χ0) is 55.6. The zero-order valence-electron chi connectivity index (χ0n) is 48.9. The van der Waals surface area contributed by atoms with Gasteiger partial charge in [-0.15, -0.1) is 0 Å². The van der Waals surface area contributed by atoms with E-state index in [4.69, 9.17) is 18.5 Å². The topological polar surface area (TPSA) is 108 Å². The van der Waals surface area contributed by atoms with Crippen LogP contribution in [0.5, 0.6) is 0 Å². The molecule has 0 aromatic carbocycles. The molecule has 1 N–H and O–H groups in total. The molecule has 0 heterocycles. The maximum atomic E-state index is 12.8. The number of phosphoric acid groups is 1. The highest BCUT2D eigenvalue weighted by molar-refractivity contribution is 7.47. The molecule has 0 saturated carbocycles. The molecule has 10 heteroatoms. The van der Waals surface area contributed by atoms with Crippen molar-refractivity contribution in [1.82, 2.24) is 0 Å². The van der Waals surface area contributed by atoms with Gasteiger partial charge in [-0.3, -0.25) is 18.6 Å². The van der Waals surface area contributed by atoms with E-state index in [9.17, 15) is 19.0 Å². The van der Waals surface area contributed by atoms with Crippen LogP contribution < -0.4 is 0 Å². The van der Waals surface area contributed by atoms with Crippen LogP contribution in [0.25, 0.3) is 0 Å². The van der Waals surface area contributed by atoms with E-state index in [1.807, 2.05) is 21.1 Å². The summed E-state index contributed by atoms with van der Waals surface area (Å²) in [6.07, 6.45) is 81.0. The summed E-state index contributed by atoms with van der Waals surface area (Å²) in [5.74, 6) is -0.859. The Bertz CT molecular complexity index is 1740. The second-order valence-corrected chi connectivity index (χ2v) is 22.1. The minimum absolute atomic E-state index is 0.0157. The van der Waals surface area contributed by atoms with Crippen molar-refractivity contribution in [2.45, 2.75) is 225 Å². The minimum atomic E-state index is -4.41. The summed E-state index contributed by atoms with van der Waals surface area (Å²) in [5.41, 5.74) is 0. The van der Waals surface area contributed by atoms with Crippen LogP contribution in [0.2, 0.25) is 0 Å². The molecule has 0 radical (unpaired) electrons. The Morgan fingerprint density at radius 2 is 0.750 bits per heavy atom. The first-order chi connectivity index (χ1) is 37.0. The van der Waals surface area contributed by atoms with Crippen LogP contribution in [0.15, 0.2) is 134 Å². The Labute approximate surface area is 466 Å². The van der Waals surface area contributed by atoms with Crippen LogP contribution in [0.3, 0.4) is 0 Å². The van der Waals surface area contributed by atoms with Gasteiger partial charge in [0.1, 0.15) is 19.8 Å². The van der Waals surface area contributed by atoms with Crippen LogP contribution in [-0.2, 0) is 32.7 Å². The van der Waals surface area contributed by atoms with Crippen LogP contribution in [0.4, 0.5) is 0 Å². The summed E-state index contributed by atoms with van der Waals surface area (Å²) in [7, 11) is 1.43.